The Morgan fingerprint density at radius 1 is 0.929 bits per heavy atom. The van der Waals surface area contributed by atoms with Gasteiger partial charge in [-0.2, -0.15) is 4.33 Å². The number of rotatable bonds is 18. The second kappa shape index (κ2) is 21.9. The average molecular weight is 431 g/mol. The van der Waals surface area contributed by atoms with Crippen molar-refractivity contribution in [1.29, 1.82) is 0 Å². The first-order valence-electron chi connectivity index (χ1n) is 9.95. The topological polar surface area (TPSA) is 94.1 Å². The van der Waals surface area contributed by atoms with Crippen LogP contribution in [0.25, 0.3) is 0 Å². The SMILES string of the molecule is CCCCCCCCCCOC(=O)CC(SOO[O-])C(=O)OCCC(C)C.[Na+]. The molecule has 7 nitrogen and oxygen atoms in total. The molecule has 0 aliphatic heterocycles. The Balaban J connectivity index is 0. The van der Waals surface area contributed by atoms with E-state index in [2.05, 4.69) is 16.3 Å². The van der Waals surface area contributed by atoms with Crippen LogP contribution in [0.5, 0.6) is 0 Å². The molecular formula is C19H35NaO7S. The van der Waals surface area contributed by atoms with Gasteiger partial charge in [-0.3, -0.25) is 14.6 Å². The Labute approximate surface area is 195 Å². The van der Waals surface area contributed by atoms with Crippen molar-refractivity contribution in [3.8, 4) is 0 Å². The van der Waals surface area contributed by atoms with E-state index < -0.39 is 17.2 Å². The van der Waals surface area contributed by atoms with E-state index in [0.717, 1.165) is 19.3 Å². The van der Waals surface area contributed by atoms with E-state index in [-0.39, 0.29) is 42.6 Å². The van der Waals surface area contributed by atoms with Gasteiger partial charge in [0.1, 0.15) is 5.25 Å². The molecule has 1 unspecified atom stereocenters. The second-order valence-electron chi connectivity index (χ2n) is 6.97. The predicted molar refractivity (Wildman–Crippen MR) is 102 cm³/mol. The smallest absolute Gasteiger partial charge is 0.691 e. The van der Waals surface area contributed by atoms with Gasteiger partial charge in [-0.15, -0.1) is 0 Å². The molecule has 0 saturated heterocycles. The molecule has 0 spiro atoms. The summed E-state index contributed by atoms with van der Waals surface area (Å²) in [6, 6.07) is 0. The standard InChI is InChI=1S/C19H36O7S.Na/c1-4-5-6-7-8-9-10-11-13-23-18(20)15-17(27-26-25-22)19(21)24-14-12-16(2)3;/h16-17,22H,4-15H2,1-3H3;/q;+1/p-1. The van der Waals surface area contributed by atoms with Gasteiger partial charge in [-0.05, 0) is 18.8 Å². The largest absolute Gasteiger partial charge is 1.00 e. The zero-order valence-corrected chi connectivity index (χ0v) is 20.7. The maximum atomic E-state index is 12.0. The maximum absolute atomic E-state index is 12.0. The number of carbonyl (C=O) groups is 2. The fourth-order valence-electron chi connectivity index (χ4n) is 2.34. The summed E-state index contributed by atoms with van der Waals surface area (Å²) in [7, 11) is 0. The van der Waals surface area contributed by atoms with E-state index >= 15 is 0 Å². The van der Waals surface area contributed by atoms with Crippen LogP contribution in [0.3, 0.4) is 0 Å². The monoisotopic (exact) mass is 430 g/mol. The molecule has 28 heavy (non-hydrogen) atoms. The van der Waals surface area contributed by atoms with Gasteiger partial charge in [-0.25, -0.2) is 0 Å². The van der Waals surface area contributed by atoms with Crippen molar-refractivity contribution in [1.82, 2.24) is 0 Å². The molecule has 0 rings (SSSR count). The molecule has 0 aliphatic rings. The summed E-state index contributed by atoms with van der Waals surface area (Å²) in [4.78, 5) is 23.9. The summed E-state index contributed by atoms with van der Waals surface area (Å²) < 4.78 is 14.5. The fraction of sp³-hybridized carbons (Fsp3) is 0.895. The molecule has 0 aliphatic carbocycles. The van der Waals surface area contributed by atoms with Crippen molar-refractivity contribution >= 4 is 24.0 Å². The zero-order chi connectivity index (χ0) is 20.3. The summed E-state index contributed by atoms with van der Waals surface area (Å²) in [6.45, 7) is 6.79. The van der Waals surface area contributed by atoms with Gasteiger partial charge in [0.15, 0.2) is 0 Å². The van der Waals surface area contributed by atoms with Gasteiger partial charge in [0.05, 0.1) is 19.6 Å². The van der Waals surface area contributed by atoms with Crippen LogP contribution in [0.4, 0.5) is 0 Å². The number of esters is 2. The van der Waals surface area contributed by atoms with Crippen LogP contribution >= 0.6 is 12.0 Å². The van der Waals surface area contributed by atoms with E-state index in [1.165, 1.54) is 32.1 Å². The van der Waals surface area contributed by atoms with Crippen molar-refractivity contribution in [2.75, 3.05) is 13.2 Å². The molecule has 1 atom stereocenters. The van der Waals surface area contributed by atoms with Gasteiger partial charge < -0.3 is 14.7 Å². The molecule has 0 aromatic carbocycles. The molecule has 0 bridgehead atoms. The third kappa shape index (κ3) is 19.5. The number of hydrogen-bond acceptors (Lipinski definition) is 8. The maximum Gasteiger partial charge on any atom is 1.00 e. The van der Waals surface area contributed by atoms with Crippen LogP contribution in [-0.4, -0.2) is 30.4 Å². The minimum atomic E-state index is -0.989. The zero-order valence-electron chi connectivity index (χ0n) is 17.9. The van der Waals surface area contributed by atoms with Gasteiger partial charge in [0.25, 0.3) is 0 Å². The summed E-state index contributed by atoms with van der Waals surface area (Å²) in [6.07, 6.45) is 9.72. The molecule has 0 aromatic heterocycles. The third-order valence-corrected chi connectivity index (χ3v) is 4.72. The van der Waals surface area contributed by atoms with Crippen LogP contribution < -0.4 is 34.8 Å². The van der Waals surface area contributed by atoms with Crippen LogP contribution in [0, 0.1) is 5.92 Å². The van der Waals surface area contributed by atoms with Crippen LogP contribution in [0.1, 0.15) is 85.0 Å². The second-order valence-corrected chi connectivity index (χ2v) is 7.87. The summed E-state index contributed by atoms with van der Waals surface area (Å²) >= 11 is 0.463. The van der Waals surface area contributed by atoms with Crippen molar-refractivity contribution in [2.45, 2.75) is 90.2 Å². The number of carbonyl (C=O) groups excluding carboxylic acids is 2. The molecule has 0 saturated carbocycles. The molecule has 0 aromatic rings. The third-order valence-electron chi connectivity index (χ3n) is 4.00. The Hall–Kier alpha value is 0.170. The van der Waals surface area contributed by atoms with Gasteiger partial charge in [0, 0.05) is 12.0 Å². The summed E-state index contributed by atoms with van der Waals surface area (Å²) in [5.74, 6) is -0.755. The van der Waals surface area contributed by atoms with Crippen LogP contribution in [-0.2, 0) is 28.4 Å². The minimum absolute atomic E-state index is 0. The average Bonchev–Trinajstić information content (AvgIpc) is 2.63. The van der Waals surface area contributed by atoms with Crippen LogP contribution in [0.15, 0.2) is 0 Å². The van der Waals surface area contributed by atoms with E-state index in [1.807, 2.05) is 13.8 Å². The molecule has 160 valence electrons. The molecule has 9 heteroatoms. The molecule has 0 N–H and O–H groups in total. The first-order valence-corrected chi connectivity index (χ1v) is 10.8. The molecule has 0 heterocycles. The Morgan fingerprint density at radius 2 is 1.54 bits per heavy atom. The number of unbranched alkanes of at least 4 members (excludes halogenated alkanes) is 7. The normalized spacial score (nSPS) is 11.8. The van der Waals surface area contributed by atoms with Crippen molar-refractivity contribution in [3.05, 3.63) is 0 Å². The van der Waals surface area contributed by atoms with Gasteiger partial charge in [0.2, 0.25) is 0 Å². The molecule has 0 amide bonds. The Bertz CT molecular complexity index is 383. The minimum Gasteiger partial charge on any atom is -0.691 e. The first kappa shape index (κ1) is 30.4. The molecular weight excluding hydrogens is 395 g/mol. The van der Waals surface area contributed by atoms with Gasteiger partial charge >= 0.3 is 41.5 Å². The Kier molecular flexibility index (Phi) is 23.7. The molecule has 0 fully saturated rings. The first-order chi connectivity index (χ1) is 13.0. The quantitative estimate of drug-likeness (QED) is 0.0791. The van der Waals surface area contributed by atoms with Crippen molar-refractivity contribution in [3.63, 3.8) is 0 Å². The van der Waals surface area contributed by atoms with E-state index in [1.54, 1.807) is 0 Å². The summed E-state index contributed by atoms with van der Waals surface area (Å²) in [5, 5.41) is 12.3. The van der Waals surface area contributed by atoms with Gasteiger partial charge in [-0.1, -0.05) is 65.7 Å². The summed E-state index contributed by atoms with van der Waals surface area (Å²) in [5.41, 5.74) is 0. The predicted octanol–water partition coefficient (Wildman–Crippen LogP) is 0.894. The van der Waals surface area contributed by atoms with Crippen LogP contribution in [0.2, 0.25) is 0 Å². The van der Waals surface area contributed by atoms with E-state index in [9.17, 15) is 14.8 Å². The van der Waals surface area contributed by atoms with Crippen molar-refractivity contribution < 1.29 is 63.2 Å². The number of hydrogen-bond donors (Lipinski definition) is 0. The van der Waals surface area contributed by atoms with E-state index in [0.29, 0.717) is 31.0 Å². The fourth-order valence-corrected chi connectivity index (χ4v) is 2.82. The number of ether oxygens (including phenoxy) is 2. The van der Waals surface area contributed by atoms with E-state index in [4.69, 9.17) is 9.47 Å². The Morgan fingerprint density at radius 3 is 2.11 bits per heavy atom. The van der Waals surface area contributed by atoms with Crippen molar-refractivity contribution in [2.24, 2.45) is 5.92 Å². The molecule has 0 radical (unpaired) electrons.